The van der Waals surface area contributed by atoms with Gasteiger partial charge in [-0.15, -0.1) is 0 Å². The number of aliphatic imine (C=N–C) groups is 1. The Morgan fingerprint density at radius 2 is 1.84 bits per heavy atom. The molecule has 3 fully saturated rings. The number of hydrogen-bond acceptors (Lipinski definition) is 6. The normalized spacial score (nSPS) is 23.0. The van der Waals surface area contributed by atoms with Crippen LogP contribution in [0, 0.1) is 12.8 Å². The van der Waals surface area contributed by atoms with Crippen LogP contribution in [-0.2, 0) is 13.8 Å². The monoisotopic (exact) mass is 524 g/mol. The second-order valence-electron chi connectivity index (χ2n) is 11.1. The Balaban J connectivity index is 1.11. The lowest BCUT2D eigenvalue weighted by Crippen LogP contribution is -2.47. The van der Waals surface area contributed by atoms with E-state index in [1.165, 1.54) is 44.3 Å². The van der Waals surface area contributed by atoms with Gasteiger partial charge in [0.15, 0.2) is 0 Å². The summed E-state index contributed by atoms with van der Waals surface area (Å²) in [7, 11) is 0. The molecule has 1 aromatic carbocycles. The van der Waals surface area contributed by atoms with E-state index in [-0.39, 0.29) is 11.8 Å². The van der Waals surface area contributed by atoms with Crippen LogP contribution >= 0.6 is 12.2 Å². The van der Waals surface area contributed by atoms with Gasteiger partial charge in [0, 0.05) is 37.7 Å². The third-order valence-corrected chi connectivity index (χ3v) is 9.33. The molecule has 0 bridgehead atoms. The average molecular weight is 525 g/mol. The molecule has 1 spiro atoms. The quantitative estimate of drug-likeness (QED) is 0.278. The second kappa shape index (κ2) is 11.6. The van der Waals surface area contributed by atoms with Crippen molar-refractivity contribution < 1.29 is 13.8 Å². The molecule has 2 saturated carbocycles. The number of amides is 2. The molecule has 1 N–H and O–H groups in total. The molecule has 7 nitrogen and oxygen atoms in total. The highest BCUT2D eigenvalue weighted by Crippen LogP contribution is 2.36. The number of amidine groups is 1. The third kappa shape index (κ3) is 5.90. The van der Waals surface area contributed by atoms with Crippen molar-refractivity contribution in [2.45, 2.75) is 96.1 Å². The third-order valence-electron chi connectivity index (χ3n) is 8.55. The summed E-state index contributed by atoms with van der Waals surface area (Å²) in [6.45, 7) is 5.27. The summed E-state index contributed by atoms with van der Waals surface area (Å²) in [5, 5.41) is 3.13. The largest absolute Gasteiger partial charge is 0.417 e. The Hall–Kier alpha value is -2.32. The SMILES string of the molecule is CC(=O)N(c1ccc(/C=C/OSN2CCC3(CC2)N=C(C2CCCCC2)NC3=O)c(C)c1)C1CCCC1. The molecule has 0 radical (unpaired) electrons. The standard InChI is InChI=1S/C29H40N4O3S/c1-21-20-26(33(22(2)34)25-10-6-7-11-25)13-12-23(21)14-19-36-37-32-17-15-29(16-18-32)28(35)30-27(31-29)24-8-4-3-5-9-24/h12-14,19-20,24-25H,3-11,15-18H2,1-2H3,(H,30,31,35)/b19-14+. The minimum atomic E-state index is -0.579. The Kier molecular flexibility index (Phi) is 8.24. The van der Waals surface area contributed by atoms with E-state index in [2.05, 4.69) is 28.7 Å². The Morgan fingerprint density at radius 1 is 1.14 bits per heavy atom. The van der Waals surface area contributed by atoms with Gasteiger partial charge < -0.3 is 14.4 Å². The van der Waals surface area contributed by atoms with Crippen molar-refractivity contribution in [1.29, 1.82) is 0 Å². The summed E-state index contributed by atoms with van der Waals surface area (Å²) in [5.41, 5.74) is 2.59. The van der Waals surface area contributed by atoms with E-state index in [1.54, 1.807) is 13.2 Å². The van der Waals surface area contributed by atoms with Gasteiger partial charge in [0.05, 0.1) is 0 Å². The number of nitrogens with zero attached hydrogens (tertiary/aromatic N) is 3. The van der Waals surface area contributed by atoms with Crippen LogP contribution in [0.5, 0.6) is 0 Å². The molecule has 2 aliphatic carbocycles. The molecule has 200 valence electrons. The first kappa shape index (κ1) is 26.3. The maximum Gasteiger partial charge on any atom is 0.253 e. The number of carbonyl (C=O) groups is 2. The summed E-state index contributed by atoms with van der Waals surface area (Å²) < 4.78 is 7.95. The summed E-state index contributed by atoms with van der Waals surface area (Å²) in [6, 6.07) is 6.52. The lowest BCUT2D eigenvalue weighted by atomic mass is 9.88. The predicted octanol–water partition coefficient (Wildman–Crippen LogP) is 5.78. The van der Waals surface area contributed by atoms with Crippen LogP contribution in [0.15, 0.2) is 29.5 Å². The van der Waals surface area contributed by atoms with Gasteiger partial charge in [-0.05, 0) is 74.8 Å². The van der Waals surface area contributed by atoms with Crippen molar-refractivity contribution in [2.24, 2.45) is 10.9 Å². The molecule has 0 unspecified atom stereocenters. The predicted molar refractivity (Wildman–Crippen MR) is 150 cm³/mol. The Bertz CT molecular complexity index is 1050. The van der Waals surface area contributed by atoms with Crippen LogP contribution in [0.2, 0.25) is 0 Å². The summed E-state index contributed by atoms with van der Waals surface area (Å²) in [4.78, 5) is 32.1. The zero-order valence-electron chi connectivity index (χ0n) is 22.2. The fraction of sp³-hybridized carbons (Fsp3) is 0.621. The lowest BCUT2D eigenvalue weighted by molar-refractivity contribution is -0.125. The molecule has 37 heavy (non-hydrogen) atoms. The van der Waals surface area contributed by atoms with Gasteiger partial charge in [0.25, 0.3) is 5.91 Å². The van der Waals surface area contributed by atoms with Gasteiger partial charge in [0.2, 0.25) is 5.91 Å². The number of hydrogen-bond donors (Lipinski definition) is 1. The summed E-state index contributed by atoms with van der Waals surface area (Å²) in [6.07, 6.45) is 15.8. The van der Waals surface area contributed by atoms with Gasteiger partial charge >= 0.3 is 0 Å². The highest BCUT2D eigenvalue weighted by atomic mass is 32.2. The van der Waals surface area contributed by atoms with E-state index in [4.69, 9.17) is 9.18 Å². The molecule has 4 aliphatic rings. The minimum Gasteiger partial charge on any atom is -0.417 e. The molecule has 0 aromatic heterocycles. The van der Waals surface area contributed by atoms with E-state index >= 15 is 0 Å². The minimum absolute atomic E-state index is 0.0914. The van der Waals surface area contributed by atoms with Crippen LogP contribution < -0.4 is 10.2 Å². The highest BCUT2D eigenvalue weighted by Gasteiger charge is 2.47. The topological polar surface area (TPSA) is 74.2 Å². The summed E-state index contributed by atoms with van der Waals surface area (Å²) >= 11 is 1.34. The molecule has 2 amide bonds. The van der Waals surface area contributed by atoms with E-state index in [0.717, 1.165) is 74.3 Å². The molecule has 2 aliphatic heterocycles. The Morgan fingerprint density at radius 3 is 2.51 bits per heavy atom. The highest BCUT2D eigenvalue weighted by molar-refractivity contribution is 7.92. The maximum absolute atomic E-state index is 12.8. The average Bonchev–Trinajstić information content (AvgIpc) is 3.53. The van der Waals surface area contributed by atoms with Crippen LogP contribution in [0.25, 0.3) is 6.08 Å². The molecule has 5 rings (SSSR count). The Labute approximate surface area is 225 Å². The zero-order chi connectivity index (χ0) is 25.8. The number of rotatable bonds is 7. The molecule has 1 aromatic rings. The molecule has 8 heteroatoms. The number of benzene rings is 1. The first-order chi connectivity index (χ1) is 17.9. The van der Waals surface area contributed by atoms with Crippen molar-refractivity contribution in [3.63, 3.8) is 0 Å². The fourth-order valence-corrected chi connectivity index (χ4v) is 6.94. The molecule has 2 heterocycles. The van der Waals surface area contributed by atoms with E-state index < -0.39 is 5.54 Å². The van der Waals surface area contributed by atoms with Crippen molar-refractivity contribution in [3.8, 4) is 0 Å². The number of carbonyl (C=O) groups excluding carboxylic acids is 2. The van der Waals surface area contributed by atoms with Crippen molar-refractivity contribution in [3.05, 3.63) is 35.6 Å². The first-order valence-corrected chi connectivity index (χ1v) is 14.7. The van der Waals surface area contributed by atoms with Gasteiger partial charge in [0.1, 0.15) is 29.9 Å². The summed E-state index contributed by atoms with van der Waals surface area (Å²) in [5.74, 6) is 1.59. The molecule has 0 atom stereocenters. The maximum atomic E-state index is 12.8. The zero-order valence-corrected chi connectivity index (χ0v) is 23.0. The fourth-order valence-electron chi connectivity index (χ4n) is 6.38. The molecular weight excluding hydrogens is 484 g/mol. The van der Waals surface area contributed by atoms with Gasteiger partial charge in [-0.25, -0.2) is 4.31 Å². The van der Waals surface area contributed by atoms with E-state index in [0.29, 0.717) is 12.0 Å². The number of piperidine rings is 1. The van der Waals surface area contributed by atoms with Crippen molar-refractivity contribution in [1.82, 2.24) is 9.62 Å². The number of nitrogens with one attached hydrogen (secondary N) is 1. The van der Waals surface area contributed by atoms with Gasteiger partial charge in [-0.2, -0.15) is 0 Å². The van der Waals surface area contributed by atoms with Crippen molar-refractivity contribution >= 4 is 41.6 Å². The van der Waals surface area contributed by atoms with Crippen molar-refractivity contribution in [2.75, 3.05) is 18.0 Å². The second-order valence-corrected chi connectivity index (χ2v) is 11.9. The molecular formula is C29H40N4O3S. The van der Waals surface area contributed by atoms with Crippen LogP contribution in [0.3, 0.4) is 0 Å². The smallest absolute Gasteiger partial charge is 0.253 e. The van der Waals surface area contributed by atoms with Gasteiger partial charge in [-0.3, -0.25) is 14.6 Å². The van der Waals surface area contributed by atoms with Crippen LogP contribution in [0.4, 0.5) is 5.69 Å². The number of aryl methyl sites for hydroxylation is 1. The lowest BCUT2D eigenvalue weighted by Gasteiger charge is -2.33. The number of anilines is 1. The van der Waals surface area contributed by atoms with E-state index in [9.17, 15) is 9.59 Å². The first-order valence-electron chi connectivity index (χ1n) is 14.0. The molecule has 1 saturated heterocycles. The van der Waals surface area contributed by atoms with Gasteiger partial charge in [-0.1, -0.05) is 38.2 Å². The van der Waals surface area contributed by atoms with Crippen LogP contribution in [0.1, 0.15) is 88.7 Å². The van der Waals surface area contributed by atoms with E-state index in [1.807, 2.05) is 17.0 Å². The van der Waals surface area contributed by atoms with Crippen LogP contribution in [-0.4, -0.2) is 46.6 Å².